The molecule has 8 heteroatoms. The lowest BCUT2D eigenvalue weighted by atomic mass is 10.0. The number of nitrogens with zero attached hydrogens (tertiary/aromatic N) is 4. The van der Waals surface area contributed by atoms with Gasteiger partial charge in [-0.1, -0.05) is 6.08 Å². The van der Waals surface area contributed by atoms with E-state index in [1.165, 1.54) is 0 Å². The third kappa shape index (κ3) is 1.73. The molecule has 0 unspecified atom stereocenters. The molecule has 2 saturated heterocycles. The molecule has 1 aromatic rings. The summed E-state index contributed by atoms with van der Waals surface area (Å²) in [4.78, 5) is 11.7. The monoisotopic (exact) mass is 268 g/mol. The predicted molar refractivity (Wildman–Crippen MR) is 62.3 cm³/mol. The van der Waals surface area contributed by atoms with Gasteiger partial charge in [0.15, 0.2) is 5.78 Å². The van der Waals surface area contributed by atoms with Crippen LogP contribution in [0.25, 0.3) is 0 Å². The second kappa shape index (κ2) is 4.38. The number of ether oxygens (including phenoxy) is 2. The summed E-state index contributed by atoms with van der Waals surface area (Å²) in [7, 11) is 0. The third-order valence-electron chi connectivity index (χ3n) is 3.09. The zero-order chi connectivity index (χ0) is 12.7. The van der Waals surface area contributed by atoms with Crippen LogP contribution in [0.2, 0.25) is 0 Å². The summed E-state index contributed by atoms with van der Waals surface area (Å²) in [6, 6.07) is -0.234. The van der Waals surface area contributed by atoms with E-state index in [1.807, 2.05) is 0 Å². The number of aromatic nitrogens is 4. The van der Waals surface area contributed by atoms with Crippen LogP contribution in [0.15, 0.2) is 12.7 Å². The quantitative estimate of drug-likeness (QED) is 0.578. The van der Waals surface area contributed by atoms with Crippen molar-refractivity contribution in [1.29, 1.82) is 0 Å². The molecular weight excluding hydrogens is 256 g/mol. The molecule has 0 N–H and O–H groups in total. The summed E-state index contributed by atoms with van der Waals surface area (Å²) in [5.74, 6) is -0.0751. The van der Waals surface area contributed by atoms with Gasteiger partial charge in [0.05, 0.1) is 19.2 Å². The van der Waals surface area contributed by atoms with Gasteiger partial charge in [0.1, 0.15) is 6.10 Å². The van der Waals surface area contributed by atoms with Crippen molar-refractivity contribution in [2.45, 2.75) is 31.4 Å². The average Bonchev–Trinajstić information content (AvgIpc) is 2.93. The Hall–Kier alpha value is -1.38. The number of carbonyl (C=O) groups is 1. The highest BCUT2D eigenvalue weighted by atomic mass is 32.1. The topological polar surface area (TPSA) is 71.2 Å². The smallest absolute Gasteiger partial charge is 0.218 e. The van der Waals surface area contributed by atoms with Gasteiger partial charge in [-0.3, -0.25) is 4.79 Å². The van der Waals surface area contributed by atoms with Crippen molar-refractivity contribution >= 4 is 18.0 Å². The van der Waals surface area contributed by atoms with Crippen molar-refractivity contribution in [2.24, 2.45) is 0 Å². The van der Waals surface area contributed by atoms with Crippen LogP contribution in [-0.4, -0.2) is 44.6 Å². The molecule has 3 heterocycles. The molecule has 1 aromatic heterocycles. The molecule has 3 atom stereocenters. The van der Waals surface area contributed by atoms with Crippen molar-refractivity contribution < 1.29 is 14.3 Å². The minimum atomic E-state index is -0.705. The van der Waals surface area contributed by atoms with Gasteiger partial charge in [-0.15, -0.1) is 6.58 Å². The number of hydrogen-bond donors (Lipinski definition) is 0. The maximum absolute atomic E-state index is 11.7. The minimum absolute atomic E-state index is 0.0751. The fraction of sp³-hybridized carbons (Fsp3) is 0.600. The first-order valence-electron chi connectivity index (χ1n) is 5.63. The van der Waals surface area contributed by atoms with Crippen LogP contribution in [0.3, 0.4) is 0 Å². The van der Waals surface area contributed by atoms with Crippen LogP contribution < -0.4 is 0 Å². The molecule has 0 spiro atoms. The minimum Gasteiger partial charge on any atom is -0.343 e. The molecule has 0 amide bonds. The Morgan fingerprint density at radius 2 is 2.39 bits per heavy atom. The second-order valence-electron chi connectivity index (χ2n) is 4.25. The molecule has 7 nitrogen and oxygen atoms in total. The van der Waals surface area contributed by atoms with Crippen LogP contribution in [0.1, 0.15) is 12.5 Å². The number of allylic oxidation sites excluding steroid dienone is 1. The van der Waals surface area contributed by atoms with Gasteiger partial charge >= 0.3 is 0 Å². The summed E-state index contributed by atoms with van der Waals surface area (Å²) in [5.41, 5.74) is 0. The van der Waals surface area contributed by atoms with Gasteiger partial charge in [-0.05, 0) is 22.6 Å². The number of tetrazole rings is 1. The Balaban J connectivity index is 1.92. The Bertz CT molecular complexity index is 552. The van der Waals surface area contributed by atoms with Gasteiger partial charge in [0, 0.05) is 6.42 Å². The summed E-state index contributed by atoms with van der Waals surface area (Å²) in [5, 5.41) is 7.93. The van der Waals surface area contributed by atoms with Crippen LogP contribution in [0.5, 0.6) is 0 Å². The lowest BCUT2D eigenvalue weighted by Gasteiger charge is -2.25. The van der Waals surface area contributed by atoms with Gasteiger partial charge in [-0.2, -0.15) is 0 Å². The van der Waals surface area contributed by atoms with E-state index in [0.29, 0.717) is 24.3 Å². The highest BCUT2D eigenvalue weighted by molar-refractivity contribution is 7.71. The predicted octanol–water partition coefficient (Wildman–Crippen LogP) is 0.250. The van der Waals surface area contributed by atoms with Crippen molar-refractivity contribution in [3.05, 3.63) is 17.4 Å². The zero-order valence-corrected chi connectivity index (χ0v) is 10.4. The zero-order valence-electron chi connectivity index (χ0n) is 9.56. The molecule has 0 saturated carbocycles. The molecule has 0 aromatic carbocycles. The first-order valence-corrected chi connectivity index (χ1v) is 6.04. The largest absolute Gasteiger partial charge is 0.343 e. The van der Waals surface area contributed by atoms with E-state index in [4.69, 9.17) is 21.7 Å². The Morgan fingerprint density at radius 3 is 3.17 bits per heavy atom. The lowest BCUT2D eigenvalue weighted by Crippen LogP contribution is -2.37. The normalized spacial score (nSPS) is 30.7. The van der Waals surface area contributed by atoms with Crippen molar-refractivity contribution in [1.82, 2.24) is 19.8 Å². The van der Waals surface area contributed by atoms with Gasteiger partial charge in [0.25, 0.3) is 0 Å². The molecular formula is C10H12N4O3S. The van der Waals surface area contributed by atoms with Gasteiger partial charge in [0.2, 0.25) is 11.1 Å². The fourth-order valence-electron chi connectivity index (χ4n) is 2.20. The van der Waals surface area contributed by atoms with Crippen LogP contribution in [-0.2, 0) is 20.8 Å². The summed E-state index contributed by atoms with van der Waals surface area (Å²) in [6.07, 6.45) is 1.11. The van der Waals surface area contributed by atoms with E-state index in [0.717, 1.165) is 0 Å². The Kier molecular flexibility index (Phi) is 2.84. The molecule has 2 fully saturated rings. The molecule has 2 aliphatic heterocycles. The molecule has 2 bridgehead atoms. The number of rotatable bonds is 3. The van der Waals surface area contributed by atoms with Crippen molar-refractivity contribution in [3.63, 3.8) is 0 Å². The van der Waals surface area contributed by atoms with E-state index in [-0.39, 0.29) is 17.9 Å². The van der Waals surface area contributed by atoms with Gasteiger partial charge in [-0.25, -0.2) is 9.36 Å². The van der Waals surface area contributed by atoms with Crippen LogP contribution in [0, 0.1) is 4.77 Å². The standard InChI is InChI=1S/C10H12N4O3S/c1-2-3-13-10(18)14(12-11-13)6-4-7(15)9-16-5-8(6)17-9/h2,6,8-9H,1,3-5H2/t6-,8-,9-/m1/s1. The van der Waals surface area contributed by atoms with E-state index < -0.39 is 6.29 Å². The number of carbonyl (C=O) groups excluding carboxylic acids is 1. The molecule has 0 radical (unpaired) electrons. The summed E-state index contributed by atoms with van der Waals surface area (Å²) >= 11 is 5.27. The molecule has 3 rings (SSSR count). The van der Waals surface area contributed by atoms with E-state index in [9.17, 15) is 4.79 Å². The highest BCUT2D eigenvalue weighted by Crippen LogP contribution is 2.32. The third-order valence-corrected chi connectivity index (χ3v) is 3.49. The molecule has 2 aliphatic rings. The Morgan fingerprint density at radius 1 is 1.56 bits per heavy atom. The number of hydrogen-bond acceptors (Lipinski definition) is 6. The first kappa shape index (κ1) is 11.7. The molecule has 0 aliphatic carbocycles. The average molecular weight is 268 g/mol. The lowest BCUT2D eigenvalue weighted by molar-refractivity contribution is -0.156. The maximum atomic E-state index is 11.7. The number of Topliss-reactive ketones (excluding diaryl/α,β-unsaturated/α-hetero) is 1. The molecule has 96 valence electrons. The van der Waals surface area contributed by atoms with E-state index in [1.54, 1.807) is 15.4 Å². The second-order valence-corrected chi connectivity index (χ2v) is 4.62. The van der Waals surface area contributed by atoms with Gasteiger partial charge < -0.3 is 9.47 Å². The number of ketones is 1. The number of fused-ring (bicyclic) bond motifs is 2. The maximum Gasteiger partial charge on any atom is 0.218 e. The molecule has 18 heavy (non-hydrogen) atoms. The van der Waals surface area contributed by atoms with Crippen molar-refractivity contribution in [2.75, 3.05) is 6.61 Å². The van der Waals surface area contributed by atoms with E-state index >= 15 is 0 Å². The van der Waals surface area contributed by atoms with Crippen LogP contribution in [0.4, 0.5) is 0 Å². The highest BCUT2D eigenvalue weighted by Gasteiger charge is 2.44. The van der Waals surface area contributed by atoms with Crippen LogP contribution >= 0.6 is 12.2 Å². The fourth-order valence-corrected chi connectivity index (χ4v) is 2.48. The Labute approximate surface area is 108 Å². The van der Waals surface area contributed by atoms with E-state index in [2.05, 4.69) is 17.0 Å². The summed E-state index contributed by atoms with van der Waals surface area (Å²) in [6.45, 7) is 4.50. The summed E-state index contributed by atoms with van der Waals surface area (Å²) < 4.78 is 14.3. The SMILES string of the molecule is C=CCn1nnn([C@@H]2CC(=O)[C@@H]3OC[C@H]2O3)c1=S. The van der Waals surface area contributed by atoms with Crippen molar-refractivity contribution in [3.8, 4) is 0 Å². The first-order chi connectivity index (χ1) is 8.70.